The normalized spacial score (nSPS) is 15.1. The molecule has 1 aliphatic rings. The molecule has 4 heteroatoms. The average Bonchev–Trinajstić information content (AvgIpc) is 3.00. The van der Waals surface area contributed by atoms with Crippen LogP contribution in [-0.4, -0.2) is 24.0 Å². The summed E-state index contributed by atoms with van der Waals surface area (Å²) in [6, 6.07) is 9.21. The van der Waals surface area contributed by atoms with Crippen LogP contribution in [0.15, 0.2) is 34.9 Å². The van der Waals surface area contributed by atoms with Gasteiger partial charge in [-0.05, 0) is 44.0 Å². The fourth-order valence-corrected chi connectivity index (χ4v) is 3.31. The number of nitrogens with zero attached hydrogens (tertiary/aromatic N) is 1. The Hall–Kier alpha value is -1.10. The maximum atomic E-state index is 5.46. The maximum Gasteiger partial charge on any atom is 0.117 e. The van der Waals surface area contributed by atoms with Gasteiger partial charge in [-0.25, -0.2) is 0 Å². The molecular formula is C16H22N2OS. The van der Waals surface area contributed by atoms with E-state index < -0.39 is 0 Å². The predicted octanol–water partition coefficient (Wildman–Crippen LogP) is 3.40. The molecule has 2 aromatic heterocycles. The summed E-state index contributed by atoms with van der Waals surface area (Å²) in [5.41, 5.74) is 0. The lowest BCUT2D eigenvalue weighted by Crippen LogP contribution is -2.33. The summed E-state index contributed by atoms with van der Waals surface area (Å²) in [7, 11) is 0. The van der Waals surface area contributed by atoms with E-state index in [9.17, 15) is 0 Å². The quantitative estimate of drug-likeness (QED) is 0.755. The molecule has 2 heterocycles. The van der Waals surface area contributed by atoms with Crippen LogP contribution in [0.1, 0.15) is 28.4 Å². The minimum Gasteiger partial charge on any atom is -0.468 e. The first-order valence-corrected chi connectivity index (χ1v) is 8.15. The summed E-state index contributed by atoms with van der Waals surface area (Å²) in [6.07, 6.45) is 4.44. The fourth-order valence-electron chi connectivity index (χ4n) is 2.45. The Morgan fingerprint density at radius 3 is 2.90 bits per heavy atom. The van der Waals surface area contributed by atoms with E-state index >= 15 is 0 Å². The number of rotatable bonds is 8. The molecule has 0 aromatic carbocycles. The van der Waals surface area contributed by atoms with Gasteiger partial charge in [0.15, 0.2) is 0 Å². The van der Waals surface area contributed by atoms with E-state index in [1.807, 2.05) is 17.4 Å². The molecule has 0 atom stereocenters. The number of nitrogens with one attached hydrogen (secondary N) is 1. The number of hydrogen-bond donors (Lipinski definition) is 1. The average molecular weight is 290 g/mol. The highest BCUT2D eigenvalue weighted by atomic mass is 32.1. The lowest BCUT2D eigenvalue weighted by atomic mass is 10.3. The third-order valence-corrected chi connectivity index (χ3v) is 4.67. The molecule has 0 unspecified atom stereocenters. The van der Waals surface area contributed by atoms with E-state index in [0.29, 0.717) is 0 Å². The molecule has 0 bridgehead atoms. The number of thiophene rings is 1. The van der Waals surface area contributed by atoms with Crippen molar-refractivity contribution in [1.29, 1.82) is 0 Å². The van der Waals surface area contributed by atoms with Crippen molar-refractivity contribution < 1.29 is 4.42 Å². The maximum absolute atomic E-state index is 5.46. The Labute approximate surface area is 124 Å². The van der Waals surface area contributed by atoms with Crippen molar-refractivity contribution in [2.75, 3.05) is 13.1 Å². The SMILES string of the molecule is Cc1ccc(CNCCN(Cc2ccco2)C2CC2)s1. The topological polar surface area (TPSA) is 28.4 Å². The molecule has 1 aliphatic carbocycles. The van der Waals surface area contributed by atoms with Crippen LogP contribution in [0.2, 0.25) is 0 Å². The molecule has 2 aromatic rings. The second kappa shape index (κ2) is 6.57. The van der Waals surface area contributed by atoms with Gasteiger partial charge in [0.2, 0.25) is 0 Å². The van der Waals surface area contributed by atoms with Gasteiger partial charge in [-0.15, -0.1) is 11.3 Å². The molecule has 1 N–H and O–H groups in total. The van der Waals surface area contributed by atoms with Crippen LogP contribution in [0.25, 0.3) is 0 Å². The summed E-state index contributed by atoms with van der Waals surface area (Å²) >= 11 is 1.88. The highest BCUT2D eigenvalue weighted by Crippen LogP contribution is 2.28. The van der Waals surface area contributed by atoms with Crippen LogP contribution in [0.3, 0.4) is 0 Å². The van der Waals surface area contributed by atoms with Gasteiger partial charge >= 0.3 is 0 Å². The molecule has 1 fully saturated rings. The van der Waals surface area contributed by atoms with Crippen molar-refractivity contribution in [3.63, 3.8) is 0 Å². The highest BCUT2D eigenvalue weighted by molar-refractivity contribution is 7.11. The summed E-state index contributed by atoms with van der Waals surface area (Å²) in [5.74, 6) is 1.07. The van der Waals surface area contributed by atoms with Crippen LogP contribution >= 0.6 is 11.3 Å². The molecule has 0 radical (unpaired) electrons. The van der Waals surface area contributed by atoms with Crippen molar-refractivity contribution in [3.8, 4) is 0 Å². The molecule has 0 aliphatic heterocycles. The molecule has 20 heavy (non-hydrogen) atoms. The van der Waals surface area contributed by atoms with Gasteiger partial charge in [-0.3, -0.25) is 4.90 Å². The van der Waals surface area contributed by atoms with Crippen LogP contribution < -0.4 is 5.32 Å². The molecule has 1 saturated carbocycles. The van der Waals surface area contributed by atoms with Crippen LogP contribution in [0.5, 0.6) is 0 Å². The van der Waals surface area contributed by atoms with E-state index in [1.54, 1.807) is 6.26 Å². The number of aryl methyl sites for hydroxylation is 1. The van der Waals surface area contributed by atoms with Gasteiger partial charge in [0.1, 0.15) is 5.76 Å². The molecule has 0 saturated heterocycles. The van der Waals surface area contributed by atoms with E-state index in [1.165, 1.54) is 22.6 Å². The summed E-state index contributed by atoms with van der Waals surface area (Å²) in [5, 5.41) is 3.55. The zero-order valence-corrected chi connectivity index (χ0v) is 12.8. The number of furan rings is 1. The Morgan fingerprint density at radius 1 is 1.35 bits per heavy atom. The fraction of sp³-hybridized carbons (Fsp3) is 0.500. The van der Waals surface area contributed by atoms with Gasteiger partial charge < -0.3 is 9.73 Å². The van der Waals surface area contributed by atoms with Crippen molar-refractivity contribution >= 4 is 11.3 Å². The van der Waals surface area contributed by atoms with Gasteiger partial charge in [-0.1, -0.05) is 0 Å². The lowest BCUT2D eigenvalue weighted by molar-refractivity contribution is 0.234. The molecular weight excluding hydrogens is 268 g/mol. The van der Waals surface area contributed by atoms with Crippen molar-refractivity contribution in [2.24, 2.45) is 0 Å². The molecule has 3 rings (SSSR count). The molecule has 108 valence electrons. The zero-order chi connectivity index (χ0) is 13.8. The first-order chi connectivity index (χ1) is 9.81. The third kappa shape index (κ3) is 3.95. The van der Waals surface area contributed by atoms with Crippen LogP contribution in [-0.2, 0) is 13.1 Å². The Bertz CT molecular complexity index is 516. The lowest BCUT2D eigenvalue weighted by Gasteiger charge is -2.20. The largest absolute Gasteiger partial charge is 0.468 e. The zero-order valence-electron chi connectivity index (χ0n) is 12.0. The first kappa shape index (κ1) is 13.9. The second-order valence-corrected chi connectivity index (χ2v) is 6.84. The minimum atomic E-state index is 0.769. The smallest absolute Gasteiger partial charge is 0.117 e. The Balaban J connectivity index is 1.41. The van der Waals surface area contributed by atoms with Crippen molar-refractivity contribution in [2.45, 2.75) is 38.9 Å². The van der Waals surface area contributed by atoms with Gasteiger partial charge in [0, 0.05) is 35.4 Å². The summed E-state index contributed by atoms with van der Waals surface area (Å²) in [6.45, 7) is 6.21. The molecule has 0 amide bonds. The molecule has 3 nitrogen and oxygen atoms in total. The van der Waals surface area contributed by atoms with Crippen LogP contribution in [0, 0.1) is 6.92 Å². The van der Waals surface area contributed by atoms with E-state index in [-0.39, 0.29) is 0 Å². The van der Waals surface area contributed by atoms with Crippen molar-refractivity contribution in [1.82, 2.24) is 10.2 Å². The van der Waals surface area contributed by atoms with E-state index in [4.69, 9.17) is 4.42 Å². The Kier molecular flexibility index (Phi) is 4.55. The van der Waals surface area contributed by atoms with Crippen LogP contribution in [0.4, 0.5) is 0 Å². The summed E-state index contributed by atoms with van der Waals surface area (Å²) < 4.78 is 5.46. The Morgan fingerprint density at radius 2 is 2.25 bits per heavy atom. The van der Waals surface area contributed by atoms with E-state index in [2.05, 4.69) is 35.3 Å². The molecule has 0 spiro atoms. The number of hydrogen-bond acceptors (Lipinski definition) is 4. The van der Waals surface area contributed by atoms with Gasteiger partial charge in [-0.2, -0.15) is 0 Å². The third-order valence-electron chi connectivity index (χ3n) is 3.67. The van der Waals surface area contributed by atoms with E-state index in [0.717, 1.165) is 38.0 Å². The van der Waals surface area contributed by atoms with Gasteiger partial charge in [0.05, 0.1) is 12.8 Å². The van der Waals surface area contributed by atoms with Gasteiger partial charge in [0.25, 0.3) is 0 Å². The summed E-state index contributed by atoms with van der Waals surface area (Å²) in [4.78, 5) is 5.34. The minimum absolute atomic E-state index is 0.769. The highest BCUT2D eigenvalue weighted by Gasteiger charge is 2.28. The monoisotopic (exact) mass is 290 g/mol. The second-order valence-electron chi connectivity index (χ2n) is 5.47. The van der Waals surface area contributed by atoms with Crippen molar-refractivity contribution in [3.05, 3.63) is 46.0 Å². The standard InChI is InChI=1S/C16H22N2OS/c1-13-4-7-16(20-13)11-17-8-9-18(14-5-6-14)12-15-3-2-10-19-15/h2-4,7,10,14,17H,5-6,8-9,11-12H2,1H3. The predicted molar refractivity (Wildman–Crippen MR) is 82.9 cm³/mol. The first-order valence-electron chi connectivity index (χ1n) is 7.34.